The monoisotopic (exact) mass is 293 g/mol. The Hall–Kier alpha value is -2.08. The van der Waals surface area contributed by atoms with Crippen LogP contribution in [0.15, 0.2) is 24.3 Å². The van der Waals surface area contributed by atoms with E-state index in [-0.39, 0.29) is 18.4 Å². The smallest absolute Gasteiger partial charge is 0.243 e. The van der Waals surface area contributed by atoms with E-state index >= 15 is 0 Å². The lowest BCUT2D eigenvalue weighted by Gasteiger charge is -2.17. The third kappa shape index (κ3) is 6.27. The molecule has 0 radical (unpaired) electrons. The van der Waals surface area contributed by atoms with Crippen molar-refractivity contribution in [2.45, 2.75) is 20.8 Å². The van der Waals surface area contributed by atoms with Gasteiger partial charge in [-0.2, -0.15) is 0 Å². The van der Waals surface area contributed by atoms with Crippen LogP contribution in [-0.4, -0.2) is 31.5 Å². The first-order chi connectivity index (χ1) is 9.82. The van der Waals surface area contributed by atoms with Crippen LogP contribution in [-0.2, 0) is 9.59 Å². The summed E-state index contributed by atoms with van der Waals surface area (Å²) in [6, 6.07) is 6.96. The number of carbonyl (C=O) groups is 2. The molecule has 1 aromatic carbocycles. The van der Waals surface area contributed by atoms with Gasteiger partial charge in [-0.25, -0.2) is 0 Å². The molecule has 0 unspecified atom stereocenters. The largest absolute Gasteiger partial charge is 0.492 e. The van der Waals surface area contributed by atoms with Gasteiger partial charge < -0.3 is 21.1 Å². The Kier molecular flexibility index (Phi) is 6.17. The second kappa shape index (κ2) is 7.64. The predicted octanol–water partition coefficient (Wildman–Crippen LogP) is 1.12. The van der Waals surface area contributed by atoms with Crippen molar-refractivity contribution in [2.24, 2.45) is 11.1 Å². The molecule has 0 aromatic heterocycles. The van der Waals surface area contributed by atoms with Crippen LogP contribution in [0.5, 0.6) is 5.75 Å². The highest BCUT2D eigenvalue weighted by molar-refractivity contribution is 5.95. The van der Waals surface area contributed by atoms with Gasteiger partial charge in [0.1, 0.15) is 12.4 Å². The van der Waals surface area contributed by atoms with Crippen molar-refractivity contribution < 1.29 is 14.3 Å². The molecule has 0 spiro atoms. The molecule has 6 nitrogen and oxygen atoms in total. The predicted molar refractivity (Wildman–Crippen MR) is 82.1 cm³/mol. The van der Waals surface area contributed by atoms with E-state index in [2.05, 4.69) is 10.6 Å². The number of rotatable bonds is 6. The van der Waals surface area contributed by atoms with Crippen LogP contribution >= 0.6 is 0 Å². The van der Waals surface area contributed by atoms with E-state index in [1.54, 1.807) is 45.0 Å². The van der Waals surface area contributed by atoms with Crippen molar-refractivity contribution in [3.63, 3.8) is 0 Å². The lowest BCUT2D eigenvalue weighted by molar-refractivity contribution is -0.130. The molecule has 4 N–H and O–H groups in total. The van der Waals surface area contributed by atoms with Crippen LogP contribution in [0.25, 0.3) is 0 Å². The normalized spacial score (nSPS) is 10.9. The number of nitrogens with one attached hydrogen (secondary N) is 2. The minimum absolute atomic E-state index is 0.0540. The van der Waals surface area contributed by atoms with Gasteiger partial charge in [-0.05, 0) is 24.3 Å². The number of anilines is 1. The van der Waals surface area contributed by atoms with Gasteiger partial charge in [-0.15, -0.1) is 0 Å². The third-order valence-corrected chi connectivity index (χ3v) is 2.62. The Morgan fingerprint density at radius 2 is 1.81 bits per heavy atom. The van der Waals surface area contributed by atoms with E-state index in [1.807, 2.05) is 0 Å². The fourth-order valence-corrected chi connectivity index (χ4v) is 1.44. The summed E-state index contributed by atoms with van der Waals surface area (Å²) in [5, 5.41) is 5.29. The number of nitrogens with two attached hydrogens (primary N) is 1. The highest BCUT2D eigenvalue weighted by Gasteiger charge is 2.21. The molecule has 0 fully saturated rings. The Morgan fingerprint density at radius 1 is 1.19 bits per heavy atom. The van der Waals surface area contributed by atoms with Gasteiger partial charge in [0.2, 0.25) is 11.8 Å². The summed E-state index contributed by atoms with van der Waals surface area (Å²) in [7, 11) is 0. The summed E-state index contributed by atoms with van der Waals surface area (Å²) < 4.78 is 5.34. The molecule has 2 amide bonds. The number of hydrogen-bond donors (Lipinski definition) is 3. The van der Waals surface area contributed by atoms with Gasteiger partial charge in [0.15, 0.2) is 0 Å². The van der Waals surface area contributed by atoms with Crippen molar-refractivity contribution in [1.82, 2.24) is 5.32 Å². The third-order valence-electron chi connectivity index (χ3n) is 2.62. The number of amides is 2. The van der Waals surface area contributed by atoms with Gasteiger partial charge in [-0.3, -0.25) is 9.59 Å². The minimum atomic E-state index is -0.512. The molecule has 0 aliphatic heterocycles. The first-order valence-electron chi connectivity index (χ1n) is 6.84. The molecule has 0 heterocycles. The molecule has 116 valence electrons. The van der Waals surface area contributed by atoms with E-state index in [9.17, 15) is 9.59 Å². The molecule has 0 bridgehead atoms. The zero-order valence-corrected chi connectivity index (χ0v) is 12.7. The highest BCUT2D eigenvalue weighted by atomic mass is 16.5. The van der Waals surface area contributed by atoms with Gasteiger partial charge >= 0.3 is 0 Å². The number of hydrogen-bond acceptors (Lipinski definition) is 4. The molecule has 0 aliphatic rings. The Balaban J connectivity index is 2.42. The molecule has 1 rings (SSSR count). The number of benzene rings is 1. The first kappa shape index (κ1) is 17.0. The van der Waals surface area contributed by atoms with Crippen molar-refractivity contribution in [2.75, 3.05) is 25.0 Å². The van der Waals surface area contributed by atoms with E-state index in [1.165, 1.54) is 0 Å². The summed E-state index contributed by atoms with van der Waals surface area (Å²) in [5.74, 6) is 0.255. The van der Waals surface area contributed by atoms with Crippen LogP contribution in [0.2, 0.25) is 0 Å². The fourth-order valence-electron chi connectivity index (χ4n) is 1.44. The fraction of sp³-hybridized carbons (Fsp3) is 0.467. The molecule has 6 heteroatoms. The van der Waals surface area contributed by atoms with Crippen molar-refractivity contribution in [1.29, 1.82) is 0 Å². The van der Waals surface area contributed by atoms with E-state index in [4.69, 9.17) is 10.5 Å². The average Bonchev–Trinajstić information content (AvgIpc) is 2.43. The molecule has 0 saturated heterocycles. The summed E-state index contributed by atoms with van der Waals surface area (Å²) in [6.45, 7) is 6.22. The topological polar surface area (TPSA) is 93.5 Å². The molecule has 0 saturated carbocycles. The first-order valence-corrected chi connectivity index (χ1v) is 6.84. The maximum Gasteiger partial charge on any atom is 0.243 e. The summed E-state index contributed by atoms with van der Waals surface area (Å²) in [4.78, 5) is 23.4. The average molecular weight is 293 g/mol. The molecule has 0 aliphatic carbocycles. The van der Waals surface area contributed by atoms with E-state index in [0.717, 1.165) is 0 Å². The van der Waals surface area contributed by atoms with Crippen LogP contribution < -0.4 is 21.1 Å². The summed E-state index contributed by atoms with van der Waals surface area (Å²) >= 11 is 0. The van der Waals surface area contributed by atoms with Crippen molar-refractivity contribution in [3.8, 4) is 5.75 Å². The molecular formula is C15H23N3O3. The lowest BCUT2D eigenvalue weighted by Crippen LogP contribution is -2.39. The maximum atomic E-state index is 11.7. The van der Waals surface area contributed by atoms with Crippen LogP contribution in [0.1, 0.15) is 20.8 Å². The van der Waals surface area contributed by atoms with Crippen LogP contribution in [0, 0.1) is 5.41 Å². The maximum absolute atomic E-state index is 11.7. The van der Waals surface area contributed by atoms with Crippen LogP contribution in [0.3, 0.4) is 0 Å². The van der Waals surface area contributed by atoms with Gasteiger partial charge in [0.25, 0.3) is 0 Å². The van der Waals surface area contributed by atoms with E-state index in [0.29, 0.717) is 24.6 Å². The molecule has 21 heavy (non-hydrogen) atoms. The Bertz CT molecular complexity index is 478. The second-order valence-corrected chi connectivity index (χ2v) is 5.64. The number of ether oxygens (including phenoxy) is 1. The summed E-state index contributed by atoms with van der Waals surface area (Å²) in [5.41, 5.74) is 5.48. The van der Waals surface area contributed by atoms with Crippen molar-refractivity contribution in [3.05, 3.63) is 24.3 Å². The van der Waals surface area contributed by atoms with Gasteiger partial charge in [0, 0.05) is 17.6 Å². The SMILES string of the molecule is CC(C)(C)C(=O)NCC(=O)Nc1ccc(OCCN)cc1. The molecular weight excluding hydrogens is 270 g/mol. The summed E-state index contributed by atoms with van der Waals surface area (Å²) in [6.07, 6.45) is 0. The zero-order valence-electron chi connectivity index (χ0n) is 12.7. The second-order valence-electron chi connectivity index (χ2n) is 5.64. The van der Waals surface area contributed by atoms with E-state index < -0.39 is 5.41 Å². The minimum Gasteiger partial charge on any atom is -0.492 e. The van der Waals surface area contributed by atoms with Gasteiger partial charge in [0.05, 0.1) is 6.54 Å². The number of carbonyl (C=O) groups excluding carboxylic acids is 2. The Morgan fingerprint density at radius 3 is 2.33 bits per heavy atom. The van der Waals surface area contributed by atoms with Gasteiger partial charge in [-0.1, -0.05) is 20.8 Å². The van der Waals surface area contributed by atoms with Crippen LogP contribution in [0.4, 0.5) is 5.69 Å². The highest BCUT2D eigenvalue weighted by Crippen LogP contribution is 2.15. The quantitative estimate of drug-likeness (QED) is 0.733. The Labute approximate surface area is 125 Å². The standard InChI is InChI=1S/C15H23N3O3/c1-15(2,3)14(20)17-10-13(19)18-11-4-6-12(7-5-11)21-9-8-16/h4-7H,8-10,16H2,1-3H3,(H,17,20)(H,18,19). The van der Waals surface area contributed by atoms with Crippen molar-refractivity contribution >= 4 is 17.5 Å². The lowest BCUT2D eigenvalue weighted by atomic mass is 9.96. The molecule has 1 aromatic rings. The zero-order chi connectivity index (χ0) is 15.9. The molecule has 0 atom stereocenters.